The molecule has 3 rings (SSSR count). The summed E-state index contributed by atoms with van der Waals surface area (Å²) in [4.78, 5) is 14.1. The fourth-order valence-electron chi connectivity index (χ4n) is 6.69. The van der Waals surface area contributed by atoms with Crippen molar-refractivity contribution in [3.63, 3.8) is 0 Å². The van der Waals surface area contributed by atoms with E-state index in [1.54, 1.807) is 0 Å². The molecular weight excluding hydrogens is 356 g/mol. The Kier molecular flexibility index (Phi) is 5.73. The van der Waals surface area contributed by atoms with Gasteiger partial charge in [0.25, 0.3) is 0 Å². The number of carbonyl (C=O) groups is 1. The number of allylic oxidation sites excluding steroid dienone is 6. The molecule has 0 amide bonds. The minimum atomic E-state index is -0.451. The van der Waals surface area contributed by atoms with Gasteiger partial charge in [0.15, 0.2) is 0 Å². The molecule has 0 aromatic rings. The monoisotopic (exact) mass is 398 g/mol. The van der Waals surface area contributed by atoms with E-state index in [4.69, 9.17) is 4.74 Å². The third-order valence-corrected chi connectivity index (χ3v) is 8.13. The molecule has 1 saturated heterocycles. The fourth-order valence-corrected chi connectivity index (χ4v) is 6.69. The van der Waals surface area contributed by atoms with Gasteiger partial charge in [0.05, 0.1) is 5.41 Å². The second-order valence-corrected chi connectivity index (χ2v) is 11.4. The molecule has 0 N–H and O–H groups in total. The Morgan fingerprint density at radius 2 is 1.72 bits per heavy atom. The van der Waals surface area contributed by atoms with Gasteiger partial charge in [0.2, 0.25) is 0 Å². The molecular formula is C27H42O2. The molecule has 2 aliphatic carbocycles. The molecule has 162 valence electrons. The van der Waals surface area contributed by atoms with Gasteiger partial charge >= 0.3 is 0 Å². The average molecular weight is 399 g/mol. The van der Waals surface area contributed by atoms with Gasteiger partial charge < -0.3 is 4.74 Å². The Balaban J connectivity index is 2.26. The second-order valence-electron chi connectivity index (χ2n) is 11.4. The highest BCUT2D eigenvalue weighted by molar-refractivity contribution is 5.92. The van der Waals surface area contributed by atoms with Crippen LogP contribution in [0.3, 0.4) is 0 Å². The molecule has 2 fully saturated rings. The summed E-state index contributed by atoms with van der Waals surface area (Å²) in [5.41, 5.74) is 3.32. The summed E-state index contributed by atoms with van der Waals surface area (Å²) in [6.07, 6.45) is 9.95. The van der Waals surface area contributed by atoms with Crippen molar-refractivity contribution in [1.82, 2.24) is 0 Å². The highest BCUT2D eigenvalue weighted by atomic mass is 16.5. The molecule has 4 atom stereocenters. The zero-order valence-corrected chi connectivity index (χ0v) is 20.2. The van der Waals surface area contributed by atoms with Crippen molar-refractivity contribution in [2.75, 3.05) is 0 Å². The first-order chi connectivity index (χ1) is 13.4. The van der Waals surface area contributed by atoms with E-state index in [2.05, 4.69) is 74.5 Å². The maximum atomic E-state index is 14.1. The lowest BCUT2D eigenvalue weighted by atomic mass is 9.48. The van der Waals surface area contributed by atoms with Gasteiger partial charge in [-0.05, 0) is 90.6 Å². The summed E-state index contributed by atoms with van der Waals surface area (Å²) in [6, 6.07) is 0. The van der Waals surface area contributed by atoms with Gasteiger partial charge in [-0.3, -0.25) is 4.79 Å². The van der Waals surface area contributed by atoms with E-state index in [9.17, 15) is 4.79 Å². The number of carbonyl (C=O) groups excluding carboxylic acids is 1. The molecule has 1 saturated carbocycles. The number of hydrogen-bond donors (Lipinski definition) is 0. The Morgan fingerprint density at radius 1 is 1.10 bits per heavy atom. The van der Waals surface area contributed by atoms with Crippen molar-refractivity contribution in [2.45, 2.75) is 100 Å². The number of ketones is 1. The van der Waals surface area contributed by atoms with Crippen LogP contribution in [0.25, 0.3) is 0 Å². The first-order valence-electron chi connectivity index (χ1n) is 11.6. The molecule has 0 spiro atoms. The lowest BCUT2D eigenvalue weighted by Crippen LogP contribution is -2.54. The Morgan fingerprint density at radius 3 is 2.28 bits per heavy atom. The molecule has 0 radical (unpaired) electrons. The van der Waals surface area contributed by atoms with Crippen LogP contribution in [0.5, 0.6) is 0 Å². The molecule has 2 heteroatoms. The van der Waals surface area contributed by atoms with Gasteiger partial charge in [0, 0.05) is 11.8 Å². The molecule has 3 aliphatic rings. The molecule has 3 unspecified atom stereocenters. The van der Waals surface area contributed by atoms with Crippen molar-refractivity contribution < 1.29 is 9.53 Å². The Labute approximate surface area is 178 Å². The van der Waals surface area contributed by atoms with Crippen molar-refractivity contribution >= 4 is 5.78 Å². The van der Waals surface area contributed by atoms with Gasteiger partial charge in [-0.2, -0.15) is 0 Å². The zero-order chi connectivity index (χ0) is 21.8. The van der Waals surface area contributed by atoms with Crippen LogP contribution in [0.4, 0.5) is 0 Å². The van der Waals surface area contributed by atoms with Crippen molar-refractivity contribution in [3.8, 4) is 0 Å². The zero-order valence-electron chi connectivity index (χ0n) is 20.2. The number of ether oxygens (including phenoxy) is 1. The molecule has 0 aromatic heterocycles. The van der Waals surface area contributed by atoms with E-state index in [0.29, 0.717) is 11.7 Å². The van der Waals surface area contributed by atoms with Crippen LogP contribution >= 0.6 is 0 Å². The largest absolute Gasteiger partial charge is 0.491 e. The van der Waals surface area contributed by atoms with Gasteiger partial charge in [-0.1, -0.05) is 44.1 Å². The summed E-state index contributed by atoms with van der Waals surface area (Å²) < 4.78 is 6.76. The van der Waals surface area contributed by atoms with E-state index in [0.717, 1.165) is 37.9 Å². The van der Waals surface area contributed by atoms with Crippen LogP contribution in [0.15, 0.2) is 34.6 Å². The standard InChI is InChI=1S/C27H42O2/c1-17(2)10-12-20-16-21(13-11-18(3)4)26(9)15-14-22-25(7,8)29-24(20)27(22,26)23(28)19(5)6/h10-11,19,21-22H,12-16H2,1-9H3/t21?,22-,26?,27?/m0/s1. The van der Waals surface area contributed by atoms with Crippen LogP contribution < -0.4 is 0 Å². The average Bonchev–Trinajstić information content (AvgIpc) is 3.06. The summed E-state index contributed by atoms with van der Waals surface area (Å²) in [5, 5.41) is 0. The topological polar surface area (TPSA) is 26.3 Å². The molecule has 29 heavy (non-hydrogen) atoms. The van der Waals surface area contributed by atoms with Gasteiger partial charge in [-0.25, -0.2) is 0 Å². The SMILES string of the molecule is CC(C)=CCC1=C2OC(C)(C)[C@@H]3CCC(C)(C(CC=C(C)C)C1)C23C(=O)C(C)C. The number of rotatable bonds is 6. The quantitative estimate of drug-likeness (QED) is 0.435. The number of hydrogen-bond acceptors (Lipinski definition) is 2. The molecule has 1 aliphatic heterocycles. The van der Waals surface area contributed by atoms with E-state index in [1.807, 2.05) is 0 Å². The van der Waals surface area contributed by atoms with Crippen molar-refractivity contribution in [3.05, 3.63) is 34.6 Å². The predicted octanol–water partition coefficient (Wildman–Crippen LogP) is 7.41. The lowest BCUT2D eigenvalue weighted by Gasteiger charge is -2.51. The Hall–Kier alpha value is -1.31. The van der Waals surface area contributed by atoms with Crippen LogP contribution in [-0.4, -0.2) is 11.4 Å². The summed E-state index contributed by atoms with van der Waals surface area (Å²) in [5.74, 6) is 2.28. The highest BCUT2D eigenvalue weighted by Gasteiger charge is 2.75. The molecule has 1 heterocycles. The molecule has 0 aromatic carbocycles. The minimum Gasteiger partial charge on any atom is -0.491 e. The first-order valence-corrected chi connectivity index (χ1v) is 11.6. The van der Waals surface area contributed by atoms with Crippen LogP contribution in [-0.2, 0) is 9.53 Å². The van der Waals surface area contributed by atoms with Gasteiger partial charge in [0.1, 0.15) is 17.1 Å². The highest BCUT2D eigenvalue weighted by Crippen LogP contribution is 2.75. The number of Topliss-reactive ketones (excluding diaryl/α,β-unsaturated/α-hetero) is 1. The predicted molar refractivity (Wildman–Crippen MR) is 122 cm³/mol. The molecule has 2 nitrogen and oxygen atoms in total. The summed E-state index contributed by atoms with van der Waals surface area (Å²) in [7, 11) is 0. The fraction of sp³-hybridized carbons (Fsp3) is 0.741. The van der Waals surface area contributed by atoms with Crippen LogP contribution in [0.1, 0.15) is 94.4 Å². The maximum Gasteiger partial charge on any atom is 0.150 e. The van der Waals surface area contributed by atoms with E-state index in [-0.39, 0.29) is 22.9 Å². The minimum absolute atomic E-state index is 0.0225. The third kappa shape index (κ3) is 3.26. The van der Waals surface area contributed by atoms with E-state index < -0.39 is 5.41 Å². The van der Waals surface area contributed by atoms with Crippen molar-refractivity contribution in [1.29, 1.82) is 0 Å². The second kappa shape index (κ2) is 7.43. The summed E-state index contributed by atoms with van der Waals surface area (Å²) in [6.45, 7) is 19.7. The smallest absolute Gasteiger partial charge is 0.150 e. The van der Waals surface area contributed by atoms with Crippen LogP contribution in [0.2, 0.25) is 0 Å². The van der Waals surface area contributed by atoms with E-state index >= 15 is 0 Å². The summed E-state index contributed by atoms with van der Waals surface area (Å²) >= 11 is 0. The molecule has 0 bridgehead atoms. The van der Waals surface area contributed by atoms with E-state index in [1.165, 1.54) is 16.7 Å². The van der Waals surface area contributed by atoms with Crippen molar-refractivity contribution in [2.24, 2.45) is 28.6 Å². The van der Waals surface area contributed by atoms with Gasteiger partial charge in [-0.15, -0.1) is 0 Å². The Bertz CT molecular complexity index is 770. The lowest BCUT2D eigenvalue weighted by molar-refractivity contribution is -0.141. The normalized spacial score (nSPS) is 34.7. The van der Waals surface area contributed by atoms with Crippen LogP contribution in [0, 0.1) is 28.6 Å². The first kappa shape index (κ1) is 22.4. The maximum absolute atomic E-state index is 14.1. The third-order valence-electron chi connectivity index (χ3n) is 8.13.